The van der Waals surface area contributed by atoms with Crippen molar-refractivity contribution in [2.75, 3.05) is 11.5 Å². The van der Waals surface area contributed by atoms with E-state index in [0.29, 0.717) is 0 Å². The van der Waals surface area contributed by atoms with Gasteiger partial charge in [0.2, 0.25) is 5.91 Å². The van der Waals surface area contributed by atoms with Crippen molar-refractivity contribution in [3.8, 4) is 0 Å². The van der Waals surface area contributed by atoms with Gasteiger partial charge in [0.05, 0.1) is 11.8 Å². The van der Waals surface area contributed by atoms with E-state index in [1.807, 2.05) is 13.8 Å². The molecule has 102 valence electrons. The highest BCUT2D eigenvalue weighted by molar-refractivity contribution is 7.91. The molecule has 0 aromatic rings. The summed E-state index contributed by atoms with van der Waals surface area (Å²) in [7, 11) is -3.07. The zero-order chi connectivity index (χ0) is 13.6. The summed E-state index contributed by atoms with van der Waals surface area (Å²) < 4.78 is 22.7. The van der Waals surface area contributed by atoms with E-state index in [4.69, 9.17) is 5.73 Å². The highest BCUT2D eigenvalue weighted by Crippen LogP contribution is 2.05. The molecule has 0 rings (SSSR count). The van der Waals surface area contributed by atoms with Gasteiger partial charge in [-0.15, -0.1) is 0 Å². The summed E-state index contributed by atoms with van der Waals surface area (Å²) in [4.78, 5) is 11.7. The molecule has 5 nitrogen and oxygen atoms in total. The zero-order valence-corrected chi connectivity index (χ0v) is 11.9. The highest BCUT2D eigenvalue weighted by atomic mass is 32.2. The zero-order valence-electron chi connectivity index (χ0n) is 11.1. The van der Waals surface area contributed by atoms with Crippen LogP contribution in [0.5, 0.6) is 0 Å². The number of sulfone groups is 1. The van der Waals surface area contributed by atoms with E-state index in [1.54, 1.807) is 13.8 Å². The number of carbonyl (C=O) groups is 1. The second-order valence-electron chi connectivity index (χ2n) is 4.52. The minimum absolute atomic E-state index is 0.0392. The van der Waals surface area contributed by atoms with E-state index in [0.717, 1.165) is 6.42 Å². The molecular weight excluding hydrogens is 240 g/mol. The van der Waals surface area contributed by atoms with Gasteiger partial charge in [-0.3, -0.25) is 4.79 Å². The lowest BCUT2D eigenvalue weighted by molar-refractivity contribution is -0.123. The summed E-state index contributed by atoms with van der Waals surface area (Å²) in [5.74, 6) is -0.143. The number of hydrogen-bond donors (Lipinski definition) is 2. The molecule has 0 aliphatic carbocycles. The van der Waals surface area contributed by atoms with Crippen LogP contribution in [0.3, 0.4) is 0 Å². The van der Waals surface area contributed by atoms with Crippen LogP contribution in [-0.2, 0) is 14.6 Å². The molecule has 0 aliphatic heterocycles. The van der Waals surface area contributed by atoms with Crippen LogP contribution < -0.4 is 11.1 Å². The topological polar surface area (TPSA) is 89.3 Å². The average Bonchev–Trinajstić information content (AvgIpc) is 2.25. The second-order valence-corrected chi connectivity index (χ2v) is 6.92. The molecule has 3 atom stereocenters. The second kappa shape index (κ2) is 6.96. The van der Waals surface area contributed by atoms with Gasteiger partial charge >= 0.3 is 0 Å². The standard InChI is InChI=1S/C11H24N2O3S/c1-5-8(3)10(12)11(14)13-9(4)7-17(15,16)6-2/h8-10H,5-7,12H2,1-4H3,(H,13,14). The SMILES string of the molecule is CCC(C)C(N)C(=O)NC(C)CS(=O)(=O)CC. The van der Waals surface area contributed by atoms with E-state index in [1.165, 1.54) is 0 Å². The molecule has 0 aromatic carbocycles. The van der Waals surface area contributed by atoms with Crippen molar-refractivity contribution in [3.63, 3.8) is 0 Å². The summed E-state index contributed by atoms with van der Waals surface area (Å²) in [5.41, 5.74) is 5.75. The van der Waals surface area contributed by atoms with Crippen molar-refractivity contribution in [1.82, 2.24) is 5.32 Å². The fourth-order valence-electron chi connectivity index (χ4n) is 1.39. The number of rotatable bonds is 7. The maximum atomic E-state index is 11.7. The van der Waals surface area contributed by atoms with Crippen LogP contribution >= 0.6 is 0 Å². The number of hydrogen-bond acceptors (Lipinski definition) is 4. The lowest BCUT2D eigenvalue weighted by atomic mass is 9.99. The quantitative estimate of drug-likeness (QED) is 0.692. The Morgan fingerprint density at radius 2 is 1.82 bits per heavy atom. The van der Waals surface area contributed by atoms with Gasteiger partial charge in [-0.05, 0) is 12.8 Å². The van der Waals surface area contributed by atoms with E-state index in [9.17, 15) is 13.2 Å². The van der Waals surface area contributed by atoms with Crippen LogP contribution in [-0.4, -0.2) is 37.9 Å². The molecule has 0 saturated carbocycles. The van der Waals surface area contributed by atoms with Gasteiger partial charge in [-0.2, -0.15) is 0 Å². The fourth-order valence-corrected chi connectivity index (χ4v) is 2.47. The first-order chi connectivity index (χ1) is 7.73. The van der Waals surface area contributed by atoms with Crippen molar-refractivity contribution in [2.24, 2.45) is 11.7 Å². The van der Waals surface area contributed by atoms with Crippen LogP contribution in [0.4, 0.5) is 0 Å². The van der Waals surface area contributed by atoms with Gasteiger partial charge in [0.15, 0.2) is 9.84 Å². The van der Waals surface area contributed by atoms with Crippen LogP contribution in [0.2, 0.25) is 0 Å². The summed E-state index contributed by atoms with van der Waals surface area (Å²) in [5, 5.41) is 2.64. The number of carbonyl (C=O) groups excluding carboxylic acids is 1. The molecule has 0 aliphatic rings. The average molecular weight is 264 g/mol. The third-order valence-corrected chi connectivity index (χ3v) is 4.78. The van der Waals surface area contributed by atoms with Gasteiger partial charge in [-0.1, -0.05) is 27.2 Å². The monoisotopic (exact) mass is 264 g/mol. The normalized spacial score (nSPS) is 17.2. The molecule has 3 N–H and O–H groups in total. The molecule has 6 heteroatoms. The number of nitrogens with one attached hydrogen (secondary N) is 1. The van der Waals surface area contributed by atoms with E-state index in [2.05, 4.69) is 5.32 Å². The molecule has 0 bridgehead atoms. The van der Waals surface area contributed by atoms with Crippen LogP contribution in [0.25, 0.3) is 0 Å². The minimum atomic E-state index is -3.07. The maximum Gasteiger partial charge on any atom is 0.237 e. The molecule has 1 amide bonds. The minimum Gasteiger partial charge on any atom is -0.351 e. The summed E-state index contributed by atoms with van der Waals surface area (Å²) in [6, 6.07) is -0.977. The first kappa shape index (κ1) is 16.4. The summed E-state index contributed by atoms with van der Waals surface area (Å²) in [6.45, 7) is 7.13. The maximum absolute atomic E-state index is 11.7. The lowest BCUT2D eigenvalue weighted by Crippen LogP contribution is -2.49. The van der Waals surface area contributed by atoms with Crippen molar-refractivity contribution < 1.29 is 13.2 Å². The van der Waals surface area contributed by atoms with E-state index < -0.39 is 21.9 Å². The van der Waals surface area contributed by atoms with Gasteiger partial charge in [0, 0.05) is 11.8 Å². The first-order valence-electron chi connectivity index (χ1n) is 5.99. The molecular formula is C11H24N2O3S. The Morgan fingerprint density at radius 3 is 2.24 bits per heavy atom. The Bertz CT molecular complexity index is 341. The Labute approximate surface area is 104 Å². The van der Waals surface area contributed by atoms with Gasteiger partial charge in [0.1, 0.15) is 0 Å². The van der Waals surface area contributed by atoms with E-state index >= 15 is 0 Å². The fraction of sp³-hybridized carbons (Fsp3) is 0.909. The smallest absolute Gasteiger partial charge is 0.237 e. The van der Waals surface area contributed by atoms with Crippen molar-refractivity contribution in [3.05, 3.63) is 0 Å². The Balaban J connectivity index is 4.31. The summed E-state index contributed by atoms with van der Waals surface area (Å²) in [6.07, 6.45) is 0.816. The molecule has 0 saturated heterocycles. The third kappa shape index (κ3) is 6.02. The first-order valence-corrected chi connectivity index (χ1v) is 7.82. The van der Waals surface area contributed by atoms with Crippen LogP contribution in [0, 0.1) is 5.92 Å². The van der Waals surface area contributed by atoms with Gasteiger partial charge < -0.3 is 11.1 Å². The van der Waals surface area contributed by atoms with Gasteiger partial charge in [-0.25, -0.2) is 8.42 Å². The van der Waals surface area contributed by atoms with Crippen LogP contribution in [0.15, 0.2) is 0 Å². The van der Waals surface area contributed by atoms with Crippen molar-refractivity contribution >= 4 is 15.7 Å². The summed E-state index contributed by atoms with van der Waals surface area (Å²) >= 11 is 0. The Morgan fingerprint density at radius 1 is 1.29 bits per heavy atom. The molecule has 0 aromatic heterocycles. The van der Waals surface area contributed by atoms with Crippen molar-refractivity contribution in [2.45, 2.75) is 46.2 Å². The van der Waals surface area contributed by atoms with E-state index in [-0.39, 0.29) is 23.3 Å². The van der Waals surface area contributed by atoms with Crippen molar-refractivity contribution in [1.29, 1.82) is 0 Å². The number of nitrogens with two attached hydrogens (primary N) is 1. The third-order valence-electron chi connectivity index (χ3n) is 2.89. The Kier molecular flexibility index (Phi) is 6.70. The van der Waals surface area contributed by atoms with Crippen LogP contribution in [0.1, 0.15) is 34.1 Å². The Hall–Kier alpha value is -0.620. The number of amides is 1. The largest absolute Gasteiger partial charge is 0.351 e. The molecule has 0 heterocycles. The molecule has 0 radical (unpaired) electrons. The molecule has 3 unspecified atom stereocenters. The lowest BCUT2D eigenvalue weighted by Gasteiger charge is -2.20. The van der Waals surface area contributed by atoms with Gasteiger partial charge in [0.25, 0.3) is 0 Å². The highest BCUT2D eigenvalue weighted by Gasteiger charge is 2.22. The molecule has 17 heavy (non-hydrogen) atoms. The molecule has 0 spiro atoms. The predicted octanol–water partition coefficient (Wildman–Crippen LogP) is 0.299. The predicted molar refractivity (Wildman–Crippen MR) is 69.4 cm³/mol. The molecule has 0 fully saturated rings.